The Labute approximate surface area is 180 Å². The maximum Gasteiger partial charge on any atom is 0.263 e. The van der Waals surface area contributed by atoms with Gasteiger partial charge in [0.25, 0.3) is 5.91 Å². The number of thiazole rings is 1. The summed E-state index contributed by atoms with van der Waals surface area (Å²) in [6.07, 6.45) is 1.68. The number of hydrogen-bond acceptors (Lipinski definition) is 6. The molecule has 3 amide bonds. The summed E-state index contributed by atoms with van der Waals surface area (Å²) in [6, 6.07) is 9.39. The van der Waals surface area contributed by atoms with Gasteiger partial charge in [0.05, 0.1) is 17.7 Å². The predicted octanol–water partition coefficient (Wildman–Crippen LogP) is 1.55. The fraction of sp³-hybridized carbons (Fsp3) is 0.429. The summed E-state index contributed by atoms with van der Waals surface area (Å²) in [4.78, 5) is 45.0. The molecular formula is C21H27N5O3S. The van der Waals surface area contributed by atoms with E-state index >= 15 is 0 Å². The zero-order valence-electron chi connectivity index (χ0n) is 17.0. The molecule has 9 heteroatoms. The van der Waals surface area contributed by atoms with Gasteiger partial charge < -0.3 is 16.0 Å². The zero-order valence-corrected chi connectivity index (χ0v) is 17.9. The van der Waals surface area contributed by atoms with Gasteiger partial charge in [-0.2, -0.15) is 0 Å². The molecule has 30 heavy (non-hydrogen) atoms. The summed E-state index contributed by atoms with van der Waals surface area (Å²) >= 11 is 1.35. The number of para-hydroxylation sites is 1. The Kier molecular flexibility index (Phi) is 7.53. The highest BCUT2D eigenvalue weighted by Crippen LogP contribution is 2.17. The molecule has 2 heterocycles. The Hall–Kier alpha value is -2.78. The molecular weight excluding hydrogens is 402 g/mol. The minimum Gasteiger partial charge on any atom is -0.370 e. The minimum absolute atomic E-state index is 0.0646. The molecule has 0 saturated carbocycles. The average Bonchev–Trinajstić information content (AvgIpc) is 3.16. The third-order valence-corrected chi connectivity index (χ3v) is 6.11. The Morgan fingerprint density at radius 3 is 2.53 bits per heavy atom. The lowest BCUT2D eigenvalue weighted by Crippen LogP contribution is -2.48. The van der Waals surface area contributed by atoms with Crippen LogP contribution in [0.1, 0.15) is 34.6 Å². The number of nitrogens with two attached hydrogens (primary N) is 1. The van der Waals surface area contributed by atoms with Crippen molar-refractivity contribution in [3.8, 4) is 0 Å². The quantitative estimate of drug-likeness (QED) is 0.662. The van der Waals surface area contributed by atoms with Gasteiger partial charge in [0.15, 0.2) is 0 Å². The summed E-state index contributed by atoms with van der Waals surface area (Å²) in [5.41, 5.74) is 8.46. The number of aromatic nitrogens is 1. The van der Waals surface area contributed by atoms with Crippen molar-refractivity contribution in [1.82, 2.24) is 15.2 Å². The van der Waals surface area contributed by atoms with Crippen LogP contribution in [0.25, 0.3) is 0 Å². The highest BCUT2D eigenvalue weighted by molar-refractivity contribution is 7.11. The van der Waals surface area contributed by atoms with E-state index in [-0.39, 0.29) is 37.4 Å². The molecule has 160 valence electrons. The average molecular weight is 430 g/mol. The number of carbonyl (C=O) groups is 3. The van der Waals surface area contributed by atoms with Crippen molar-refractivity contribution in [3.63, 3.8) is 0 Å². The maximum absolute atomic E-state index is 12.9. The number of anilines is 1. The van der Waals surface area contributed by atoms with Gasteiger partial charge in [-0.25, -0.2) is 4.98 Å². The molecule has 0 aliphatic carbocycles. The molecule has 1 aliphatic rings. The van der Waals surface area contributed by atoms with E-state index in [4.69, 9.17) is 5.73 Å². The zero-order chi connectivity index (χ0) is 21.5. The third kappa shape index (κ3) is 5.87. The number of nitrogens with zero attached hydrogens (tertiary/aromatic N) is 3. The number of likely N-dealkylation sites (tertiary alicyclic amines) is 1. The van der Waals surface area contributed by atoms with Crippen molar-refractivity contribution in [2.75, 3.05) is 31.1 Å². The molecule has 1 fully saturated rings. The molecule has 0 atom stereocenters. The summed E-state index contributed by atoms with van der Waals surface area (Å²) in [6.45, 7) is 3.80. The number of amides is 3. The minimum atomic E-state index is -0.434. The van der Waals surface area contributed by atoms with E-state index in [1.54, 1.807) is 10.4 Å². The van der Waals surface area contributed by atoms with E-state index in [2.05, 4.69) is 15.2 Å². The highest BCUT2D eigenvalue weighted by Gasteiger charge is 2.25. The Bertz CT molecular complexity index is 878. The fourth-order valence-corrected chi connectivity index (χ4v) is 4.22. The lowest BCUT2D eigenvalue weighted by atomic mass is 10.0. The van der Waals surface area contributed by atoms with E-state index in [9.17, 15) is 14.4 Å². The van der Waals surface area contributed by atoms with Crippen molar-refractivity contribution in [2.24, 2.45) is 5.73 Å². The molecule has 3 rings (SSSR count). The second-order valence-corrected chi connectivity index (χ2v) is 8.24. The molecule has 1 aliphatic heterocycles. The molecule has 1 aromatic heterocycles. The SMILES string of the molecule is Cc1ncsc1C(=O)NC1CCN(CC(=O)N(CCC(N)=O)c2ccccc2)CC1. The second kappa shape index (κ2) is 10.3. The first-order valence-corrected chi connectivity index (χ1v) is 10.9. The number of carbonyl (C=O) groups excluding carboxylic acids is 3. The highest BCUT2D eigenvalue weighted by atomic mass is 32.1. The van der Waals surface area contributed by atoms with Crippen molar-refractivity contribution >= 4 is 34.7 Å². The van der Waals surface area contributed by atoms with Crippen molar-refractivity contribution < 1.29 is 14.4 Å². The first-order chi connectivity index (χ1) is 14.4. The molecule has 0 spiro atoms. The second-order valence-electron chi connectivity index (χ2n) is 7.39. The van der Waals surface area contributed by atoms with Crippen LogP contribution in [0, 0.1) is 6.92 Å². The maximum atomic E-state index is 12.9. The van der Waals surface area contributed by atoms with Crippen LogP contribution in [0.2, 0.25) is 0 Å². The van der Waals surface area contributed by atoms with E-state index in [1.165, 1.54) is 11.3 Å². The Morgan fingerprint density at radius 1 is 1.23 bits per heavy atom. The van der Waals surface area contributed by atoms with E-state index in [0.29, 0.717) is 4.88 Å². The molecule has 3 N–H and O–H groups in total. The van der Waals surface area contributed by atoms with Gasteiger partial charge >= 0.3 is 0 Å². The predicted molar refractivity (Wildman–Crippen MR) is 116 cm³/mol. The topological polar surface area (TPSA) is 109 Å². The number of piperidine rings is 1. The van der Waals surface area contributed by atoms with Crippen LogP contribution in [0.3, 0.4) is 0 Å². The molecule has 0 radical (unpaired) electrons. The van der Waals surface area contributed by atoms with E-state index in [0.717, 1.165) is 37.3 Å². The summed E-state index contributed by atoms with van der Waals surface area (Å²) in [5.74, 6) is -0.576. The van der Waals surface area contributed by atoms with Gasteiger partial charge in [0.1, 0.15) is 4.88 Å². The van der Waals surface area contributed by atoms with Gasteiger partial charge in [-0.3, -0.25) is 19.3 Å². The van der Waals surface area contributed by atoms with E-state index in [1.807, 2.05) is 37.3 Å². The van der Waals surface area contributed by atoms with Gasteiger partial charge in [-0.1, -0.05) is 18.2 Å². The van der Waals surface area contributed by atoms with Gasteiger partial charge in [-0.15, -0.1) is 11.3 Å². The molecule has 0 bridgehead atoms. The number of hydrogen-bond donors (Lipinski definition) is 2. The fourth-order valence-electron chi connectivity index (χ4n) is 3.51. The number of primary amides is 1. The van der Waals surface area contributed by atoms with Gasteiger partial charge in [-0.05, 0) is 31.9 Å². The molecule has 2 aromatic rings. The van der Waals surface area contributed by atoms with Crippen LogP contribution in [0.5, 0.6) is 0 Å². The smallest absolute Gasteiger partial charge is 0.263 e. The van der Waals surface area contributed by atoms with Gasteiger partial charge in [0, 0.05) is 37.8 Å². The first-order valence-electron chi connectivity index (χ1n) is 10.0. The molecule has 0 unspecified atom stereocenters. The lowest BCUT2D eigenvalue weighted by molar-refractivity contribution is -0.120. The number of nitrogens with one attached hydrogen (secondary N) is 1. The number of aryl methyl sites for hydroxylation is 1. The van der Waals surface area contributed by atoms with Gasteiger partial charge in [0.2, 0.25) is 11.8 Å². The van der Waals surface area contributed by atoms with Crippen LogP contribution in [-0.4, -0.2) is 59.8 Å². The normalized spacial score (nSPS) is 15.0. The van der Waals surface area contributed by atoms with E-state index < -0.39 is 5.91 Å². The Morgan fingerprint density at radius 2 is 1.93 bits per heavy atom. The standard InChI is InChI=1S/C21H27N5O3S/c1-15-20(30-14-23-15)21(29)24-16-7-10-25(11-8-16)13-19(28)26(12-9-18(22)27)17-5-3-2-4-6-17/h2-6,14,16H,7-13H2,1H3,(H2,22,27)(H,24,29). The summed E-state index contributed by atoms with van der Waals surface area (Å²) in [5, 5.41) is 3.08. The lowest BCUT2D eigenvalue weighted by Gasteiger charge is -2.33. The number of rotatable bonds is 8. The summed E-state index contributed by atoms with van der Waals surface area (Å²) in [7, 11) is 0. The first kappa shape index (κ1) is 21.9. The monoisotopic (exact) mass is 429 g/mol. The van der Waals surface area contributed by atoms with Crippen LogP contribution in [0.4, 0.5) is 5.69 Å². The molecule has 1 aromatic carbocycles. The van der Waals surface area contributed by atoms with Crippen LogP contribution >= 0.6 is 11.3 Å². The van der Waals surface area contributed by atoms with Crippen molar-refractivity contribution in [2.45, 2.75) is 32.2 Å². The van der Waals surface area contributed by atoms with Crippen molar-refractivity contribution in [1.29, 1.82) is 0 Å². The Balaban J connectivity index is 1.52. The molecule has 1 saturated heterocycles. The summed E-state index contributed by atoms with van der Waals surface area (Å²) < 4.78 is 0. The number of benzene rings is 1. The van der Waals surface area contributed by atoms with Crippen LogP contribution in [-0.2, 0) is 9.59 Å². The third-order valence-electron chi connectivity index (χ3n) is 5.18. The van der Waals surface area contributed by atoms with Crippen LogP contribution < -0.4 is 16.0 Å². The van der Waals surface area contributed by atoms with Crippen LogP contribution in [0.15, 0.2) is 35.8 Å². The van der Waals surface area contributed by atoms with Crippen molar-refractivity contribution in [3.05, 3.63) is 46.4 Å². The molecule has 8 nitrogen and oxygen atoms in total. The largest absolute Gasteiger partial charge is 0.370 e.